The number of carboxylic acid groups (broad SMARTS) is 1. The molecule has 0 spiro atoms. The number of aromatic nitrogens is 1. The maximum Gasteiger partial charge on any atom is 0.407 e. The van der Waals surface area contributed by atoms with Crippen LogP contribution < -0.4 is 5.32 Å². The maximum atomic E-state index is 12.6. The lowest BCUT2D eigenvalue weighted by atomic mass is 9.98. The molecule has 0 saturated carbocycles. The molecule has 3 N–H and O–H groups in total. The molecule has 0 saturated heterocycles. The lowest BCUT2D eigenvalue weighted by Crippen LogP contribution is -2.43. The van der Waals surface area contributed by atoms with Crippen molar-refractivity contribution >= 4 is 18.0 Å². The van der Waals surface area contributed by atoms with Crippen molar-refractivity contribution < 1.29 is 29.0 Å². The van der Waals surface area contributed by atoms with Crippen LogP contribution >= 0.6 is 0 Å². The van der Waals surface area contributed by atoms with E-state index >= 15 is 0 Å². The Labute approximate surface area is 203 Å². The minimum absolute atomic E-state index is 0.0361. The largest absolute Gasteiger partial charge is 0.480 e. The minimum atomic E-state index is -1.24. The van der Waals surface area contributed by atoms with Crippen LogP contribution in [-0.2, 0) is 20.7 Å². The number of aliphatic carboxylic acids is 1. The first kappa shape index (κ1) is 24.1. The predicted molar refractivity (Wildman–Crippen MR) is 130 cm³/mol. The van der Waals surface area contributed by atoms with Crippen LogP contribution in [-0.4, -0.2) is 47.4 Å². The van der Waals surface area contributed by atoms with Crippen molar-refractivity contribution in [2.45, 2.75) is 39.2 Å². The molecule has 4 rings (SSSR count). The summed E-state index contributed by atoms with van der Waals surface area (Å²) in [4.78, 5) is 39.8. The van der Waals surface area contributed by atoms with Gasteiger partial charge < -0.3 is 24.9 Å². The number of nitrogens with one attached hydrogen (secondary N) is 2. The lowest BCUT2D eigenvalue weighted by molar-refractivity contribution is -0.139. The highest BCUT2D eigenvalue weighted by atomic mass is 16.5. The molecule has 1 aliphatic carbocycles. The van der Waals surface area contributed by atoms with Crippen LogP contribution in [0.1, 0.15) is 51.3 Å². The van der Waals surface area contributed by atoms with Crippen molar-refractivity contribution in [2.24, 2.45) is 0 Å². The Balaban J connectivity index is 1.44. The third-order valence-corrected chi connectivity index (χ3v) is 6.36. The van der Waals surface area contributed by atoms with Crippen molar-refractivity contribution in [1.29, 1.82) is 0 Å². The molecule has 2 aromatic carbocycles. The normalized spacial score (nSPS) is 13.0. The van der Waals surface area contributed by atoms with Gasteiger partial charge in [0.1, 0.15) is 12.6 Å². The zero-order valence-electron chi connectivity index (χ0n) is 19.9. The summed E-state index contributed by atoms with van der Waals surface area (Å²) < 4.78 is 10.6. The molecule has 3 aromatic rings. The number of aryl methyl sites for hydroxylation is 1. The fourth-order valence-corrected chi connectivity index (χ4v) is 4.71. The molecular weight excluding hydrogens is 448 g/mol. The summed E-state index contributed by atoms with van der Waals surface area (Å²) in [6.45, 7) is 5.48. The molecule has 1 amide bonds. The van der Waals surface area contributed by atoms with Gasteiger partial charge in [0, 0.05) is 23.7 Å². The summed E-state index contributed by atoms with van der Waals surface area (Å²) in [6, 6.07) is 14.7. The molecule has 1 heterocycles. The molecule has 0 radical (unpaired) electrons. The number of aromatic amines is 1. The van der Waals surface area contributed by atoms with Crippen LogP contribution in [0.3, 0.4) is 0 Å². The molecule has 1 atom stereocenters. The third kappa shape index (κ3) is 4.77. The predicted octanol–water partition coefficient (Wildman–Crippen LogP) is 4.34. The van der Waals surface area contributed by atoms with Gasteiger partial charge in [0.15, 0.2) is 0 Å². The third-order valence-electron chi connectivity index (χ3n) is 6.36. The SMILES string of the molecule is CCOC(=O)c1c(C)[nH]c(CC(NC(=O)OCC2c3ccccc3-c3ccccc32)C(=O)O)c1C. The minimum Gasteiger partial charge on any atom is -0.480 e. The molecule has 0 aliphatic heterocycles. The van der Waals surface area contributed by atoms with Crippen LogP contribution in [0.4, 0.5) is 4.79 Å². The number of amides is 1. The molecule has 0 bridgehead atoms. The van der Waals surface area contributed by atoms with E-state index in [1.54, 1.807) is 20.8 Å². The molecule has 1 aliphatic rings. The number of carboxylic acids is 1. The first-order valence-electron chi connectivity index (χ1n) is 11.5. The average molecular weight is 477 g/mol. The molecule has 8 heteroatoms. The highest BCUT2D eigenvalue weighted by Crippen LogP contribution is 2.44. The number of esters is 1. The number of benzene rings is 2. The Hall–Kier alpha value is -4.07. The number of rotatable bonds is 8. The summed E-state index contributed by atoms with van der Waals surface area (Å²) in [5, 5.41) is 12.2. The van der Waals surface area contributed by atoms with Gasteiger partial charge in [-0.05, 0) is 48.6 Å². The topological polar surface area (TPSA) is 118 Å². The van der Waals surface area contributed by atoms with E-state index in [2.05, 4.69) is 10.3 Å². The van der Waals surface area contributed by atoms with Gasteiger partial charge in [-0.1, -0.05) is 48.5 Å². The van der Waals surface area contributed by atoms with E-state index < -0.39 is 24.1 Å². The van der Waals surface area contributed by atoms with Gasteiger partial charge in [0.2, 0.25) is 0 Å². The van der Waals surface area contributed by atoms with E-state index in [4.69, 9.17) is 9.47 Å². The number of carbonyl (C=O) groups is 3. The number of alkyl carbamates (subject to hydrolysis) is 1. The summed E-state index contributed by atoms with van der Waals surface area (Å²) >= 11 is 0. The Morgan fingerprint density at radius 1 is 1.00 bits per heavy atom. The van der Waals surface area contributed by atoms with E-state index in [9.17, 15) is 19.5 Å². The van der Waals surface area contributed by atoms with Gasteiger partial charge in [-0.2, -0.15) is 0 Å². The Morgan fingerprint density at radius 3 is 2.17 bits per heavy atom. The second-order valence-electron chi connectivity index (χ2n) is 8.51. The van der Waals surface area contributed by atoms with E-state index in [-0.39, 0.29) is 25.6 Å². The number of hydrogen-bond acceptors (Lipinski definition) is 5. The molecule has 35 heavy (non-hydrogen) atoms. The first-order chi connectivity index (χ1) is 16.8. The summed E-state index contributed by atoms with van der Waals surface area (Å²) in [5.41, 5.74) is 6.46. The van der Waals surface area contributed by atoms with Crippen LogP contribution in [0, 0.1) is 13.8 Å². The molecular formula is C27H28N2O6. The number of H-pyrrole nitrogens is 1. The van der Waals surface area contributed by atoms with Gasteiger partial charge in [0.25, 0.3) is 0 Å². The van der Waals surface area contributed by atoms with Crippen molar-refractivity contribution in [1.82, 2.24) is 10.3 Å². The van der Waals surface area contributed by atoms with Crippen LogP contribution in [0.2, 0.25) is 0 Å². The number of hydrogen-bond donors (Lipinski definition) is 3. The van der Waals surface area contributed by atoms with Gasteiger partial charge in [-0.15, -0.1) is 0 Å². The second-order valence-corrected chi connectivity index (χ2v) is 8.51. The molecule has 1 unspecified atom stereocenters. The van der Waals surface area contributed by atoms with Gasteiger partial charge in [-0.3, -0.25) is 0 Å². The highest BCUT2D eigenvalue weighted by molar-refractivity contribution is 5.93. The molecule has 182 valence electrons. The van der Waals surface area contributed by atoms with Crippen molar-refractivity contribution in [2.75, 3.05) is 13.2 Å². The molecule has 8 nitrogen and oxygen atoms in total. The average Bonchev–Trinajstić information content (AvgIpc) is 3.30. The van der Waals surface area contributed by atoms with E-state index in [0.717, 1.165) is 22.3 Å². The van der Waals surface area contributed by atoms with Crippen molar-refractivity contribution in [3.8, 4) is 11.1 Å². The fraction of sp³-hybridized carbons (Fsp3) is 0.296. The smallest absolute Gasteiger partial charge is 0.407 e. The molecule has 0 fully saturated rings. The van der Waals surface area contributed by atoms with Crippen molar-refractivity contribution in [3.05, 3.63) is 82.2 Å². The fourth-order valence-electron chi connectivity index (χ4n) is 4.71. The Bertz CT molecular complexity index is 1230. The quantitative estimate of drug-likeness (QED) is 0.416. The Morgan fingerprint density at radius 2 is 1.60 bits per heavy atom. The zero-order chi connectivity index (χ0) is 25.1. The van der Waals surface area contributed by atoms with Gasteiger partial charge in [0.05, 0.1) is 12.2 Å². The van der Waals surface area contributed by atoms with Crippen LogP contribution in [0.25, 0.3) is 11.1 Å². The maximum absolute atomic E-state index is 12.6. The summed E-state index contributed by atoms with van der Waals surface area (Å²) in [5.74, 6) is -1.80. The second kappa shape index (κ2) is 10.0. The van der Waals surface area contributed by atoms with Crippen LogP contribution in [0.5, 0.6) is 0 Å². The number of fused-ring (bicyclic) bond motifs is 3. The zero-order valence-corrected chi connectivity index (χ0v) is 19.9. The number of carbonyl (C=O) groups excluding carboxylic acids is 2. The number of ether oxygens (including phenoxy) is 2. The first-order valence-corrected chi connectivity index (χ1v) is 11.5. The highest BCUT2D eigenvalue weighted by Gasteiger charge is 2.30. The molecule has 1 aromatic heterocycles. The monoisotopic (exact) mass is 476 g/mol. The van der Waals surface area contributed by atoms with Gasteiger partial charge in [-0.25, -0.2) is 14.4 Å². The summed E-state index contributed by atoms with van der Waals surface area (Å²) in [7, 11) is 0. The standard InChI is InChI=1S/C27H28N2O6/c1-4-34-26(32)24-15(2)22(28-16(24)3)13-23(25(30)31)29-27(33)35-14-21-19-11-7-5-9-17(19)18-10-6-8-12-20(18)21/h5-12,21,23,28H,4,13-14H2,1-3H3,(H,29,33)(H,30,31). The lowest BCUT2D eigenvalue weighted by Gasteiger charge is -2.17. The van der Waals surface area contributed by atoms with E-state index in [1.807, 2.05) is 48.5 Å². The van der Waals surface area contributed by atoms with Gasteiger partial charge >= 0.3 is 18.0 Å². The Kier molecular flexibility index (Phi) is 6.91. The summed E-state index contributed by atoms with van der Waals surface area (Å²) in [6.07, 6.45) is -0.850. The van der Waals surface area contributed by atoms with E-state index in [1.165, 1.54) is 0 Å². The van der Waals surface area contributed by atoms with Crippen LogP contribution in [0.15, 0.2) is 48.5 Å². The van der Waals surface area contributed by atoms with E-state index in [0.29, 0.717) is 22.5 Å². The van der Waals surface area contributed by atoms with Crippen molar-refractivity contribution in [3.63, 3.8) is 0 Å².